The summed E-state index contributed by atoms with van der Waals surface area (Å²) in [6.07, 6.45) is 3.78. The summed E-state index contributed by atoms with van der Waals surface area (Å²) in [5.41, 5.74) is 1.12. The van der Waals surface area contributed by atoms with Crippen molar-refractivity contribution in [3.8, 4) is 0 Å². The molecule has 1 heterocycles. The lowest BCUT2D eigenvalue weighted by Gasteiger charge is -2.07. The number of rotatable bonds is 6. The molecule has 2 aromatic rings. The average molecular weight is 352 g/mol. The minimum atomic E-state index is 0.655. The van der Waals surface area contributed by atoms with Gasteiger partial charge in [0.2, 0.25) is 0 Å². The second-order valence-electron chi connectivity index (χ2n) is 4.96. The van der Waals surface area contributed by atoms with Gasteiger partial charge < -0.3 is 5.32 Å². The molecule has 0 amide bonds. The van der Waals surface area contributed by atoms with Gasteiger partial charge in [-0.15, -0.1) is 0 Å². The Bertz CT molecular complexity index is 543. The van der Waals surface area contributed by atoms with Crippen LogP contribution in [0.15, 0.2) is 51.2 Å². The maximum absolute atomic E-state index is 4.40. The Kier molecular flexibility index (Phi) is 6.01. The summed E-state index contributed by atoms with van der Waals surface area (Å²) in [4.78, 5) is 9.93. The Morgan fingerprint density at radius 2 is 2.00 bits per heavy atom. The van der Waals surface area contributed by atoms with Gasteiger partial charge in [-0.1, -0.05) is 35.8 Å². The molecule has 3 nitrogen and oxygen atoms in total. The zero-order valence-electron chi connectivity index (χ0n) is 11.6. The zero-order chi connectivity index (χ0) is 14.4. The molecule has 0 saturated heterocycles. The van der Waals surface area contributed by atoms with Crippen LogP contribution in [0.25, 0.3) is 0 Å². The first kappa shape index (κ1) is 15.5. The van der Waals surface area contributed by atoms with E-state index in [0.29, 0.717) is 5.92 Å². The normalized spacial score (nSPS) is 11.0. The number of benzene rings is 1. The first-order valence-corrected chi connectivity index (χ1v) is 8.19. The van der Waals surface area contributed by atoms with Gasteiger partial charge in [0.05, 0.1) is 0 Å². The van der Waals surface area contributed by atoms with Crippen LogP contribution < -0.4 is 5.32 Å². The van der Waals surface area contributed by atoms with E-state index in [-0.39, 0.29) is 0 Å². The van der Waals surface area contributed by atoms with Crippen LogP contribution >= 0.6 is 27.7 Å². The molecule has 20 heavy (non-hydrogen) atoms. The molecule has 0 fully saturated rings. The van der Waals surface area contributed by atoms with Crippen molar-refractivity contribution < 1.29 is 0 Å². The van der Waals surface area contributed by atoms with E-state index in [1.54, 1.807) is 11.8 Å². The van der Waals surface area contributed by atoms with E-state index in [4.69, 9.17) is 0 Å². The molecule has 0 radical (unpaired) electrons. The van der Waals surface area contributed by atoms with Gasteiger partial charge >= 0.3 is 0 Å². The summed E-state index contributed by atoms with van der Waals surface area (Å²) in [6.45, 7) is 6.22. The van der Waals surface area contributed by atoms with Crippen molar-refractivity contribution in [2.75, 3.05) is 6.54 Å². The molecule has 0 saturated carbocycles. The monoisotopic (exact) mass is 351 g/mol. The Morgan fingerprint density at radius 3 is 2.65 bits per heavy atom. The fourth-order valence-corrected chi connectivity index (χ4v) is 2.93. The molecule has 1 aromatic heterocycles. The second kappa shape index (κ2) is 7.76. The molecular formula is C15H18BrN3S. The predicted molar refractivity (Wildman–Crippen MR) is 86.8 cm³/mol. The Balaban J connectivity index is 1.91. The number of aromatic nitrogens is 2. The van der Waals surface area contributed by atoms with Crippen molar-refractivity contribution in [1.29, 1.82) is 0 Å². The fraction of sp³-hybridized carbons (Fsp3) is 0.333. The number of halogens is 1. The third-order valence-electron chi connectivity index (χ3n) is 2.57. The molecule has 0 spiro atoms. The Hall–Kier alpha value is -0.910. The van der Waals surface area contributed by atoms with Crippen LogP contribution in [0.4, 0.5) is 0 Å². The van der Waals surface area contributed by atoms with Crippen molar-refractivity contribution >= 4 is 27.7 Å². The van der Waals surface area contributed by atoms with Gasteiger partial charge in [0.25, 0.3) is 0 Å². The highest BCUT2D eigenvalue weighted by atomic mass is 79.9. The van der Waals surface area contributed by atoms with Crippen molar-refractivity contribution in [2.45, 2.75) is 30.4 Å². The van der Waals surface area contributed by atoms with Crippen molar-refractivity contribution in [2.24, 2.45) is 5.92 Å². The molecule has 0 unspecified atom stereocenters. The third-order valence-corrected chi connectivity index (χ3v) is 3.94. The zero-order valence-corrected chi connectivity index (χ0v) is 14.0. The minimum absolute atomic E-state index is 0.655. The number of nitrogens with zero attached hydrogens (tertiary/aromatic N) is 2. The molecule has 2 rings (SSSR count). The molecule has 0 aliphatic rings. The van der Waals surface area contributed by atoms with Crippen molar-refractivity contribution in [1.82, 2.24) is 15.3 Å². The van der Waals surface area contributed by atoms with Crippen molar-refractivity contribution in [3.63, 3.8) is 0 Å². The van der Waals surface area contributed by atoms with Gasteiger partial charge in [-0.25, -0.2) is 9.97 Å². The topological polar surface area (TPSA) is 37.8 Å². The maximum Gasteiger partial charge on any atom is 0.192 e. The van der Waals surface area contributed by atoms with Crippen LogP contribution in [-0.4, -0.2) is 16.5 Å². The van der Waals surface area contributed by atoms with Gasteiger partial charge in [0, 0.05) is 33.9 Å². The molecule has 5 heteroatoms. The SMILES string of the molecule is CC(C)CNCc1cnc(Sc2cccc(Br)c2)nc1. The smallest absolute Gasteiger partial charge is 0.192 e. The average Bonchev–Trinajstić information content (AvgIpc) is 2.40. The quantitative estimate of drug-likeness (QED) is 0.793. The lowest BCUT2D eigenvalue weighted by molar-refractivity contribution is 0.550. The van der Waals surface area contributed by atoms with E-state index in [1.807, 2.05) is 24.5 Å². The summed E-state index contributed by atoms with van der Waals surface area (Å²) in [6, 6.07) is 8.13. The lowest BCUT2D eigenvalue weighted by atomic mass is 10.2. The van der Waals surface area contributed by atoms with Gasteiger partial charge in [-0.3, -0.25) is 0 Å². The summed E-state index contributed by atoms with van der Waals surface area (Å²) < 4.78 is 1.07. The summed E-state index contributed by atoms with van der Waals surface area (Å²) in [7, 11) is 0. The number of nitrogens with one attached hydrogen (secondary N) is 1. The molecule has 106 valence electrons. The van der Waals surface area contributed by atoms with Crippen molar-refractivity contribution in [3.05, 3.63) is 46.7 Å². The first-order valence-electron chi connectivity index (χ1n) is 6.58. The van der Waals surface area contributed by atoms with Crippen LogP contribution in [0.5, 0.6) is 0 Å². The van der Waals surface area contributed by atoms with E-state index in [9.17, 15) is 0 Å². The minimum Gasteiger partial charge on any atom is -0.312 e. The van der Waals surface area contributed by atoms with E-state index in [0.717, 1.165) is 33.2 Å². The van der Waals surface area contributed by atoms with Gasteiger partial charge in [-0.05, 0) is 42.4 Å². The molecular weight excluding hydrogens is 334 g/mol. The van der Waals surface area contributed by atoms with E-state index in [1.165, 1.54) is 0 Å². The van der Waals surface area contributed by atoms with E-state index in [2.05, 4.69) is 57.2 Å². The van der Waals surface area contributed by atoms with Crippen LogP contribution in [0.3, 0.4) is 0 Å². The van der Waals surface area contributed by atoms with Crippen LogP contribution in [0.1, 0.15) is 19.4 Å². The maximum atomic E-state index is 4.40. The highest BCUT2D eigenvalue weighted by molar-refractivity contribution is 9.10. The largest absolute Gasteiger partial charge is 0.312 e. The lowest BCUT2D eigenvalue weighted by Crippen LogP contribution is -2.19. The van der Waals surface area contributed by atoms with Gasteiger partial charge in [0.15, 0.2) is 5.16 Å². The van der Waals surface area contributed by atoms with Crippen LogP contribution in [0.2, 0.25) is 0 Å². The highest BCUT2D eigenvalue weighted by Crippen LogP contribution is 2.26. The molecule has 0 aliphatic heterocycles. The predicted octanol–water partition coefficient (Wildman–Crippen LogP) is 4.14. The summed E-state index contributed by atoms with van der Waals surface area (Å²) >= 11 is 5.03. The van der Waals surface area contributed by atoms with Gasteiger partial charge in [0.1, 0.15) is 0 Å². The second-order valence-corrected chi connectivity index (χ2v) is 6.91. The third kappa shape index (κ3) is 5.23. The molecule has 1 aromatic carbocycles. The number of hydrogen-bond acceptors (Lipinski definition) is 4. The summed E-state index contributed by atoms with van der Waals surface area (Å²) in [5, 5.41) is 4.16. The van der Waals surface area contributed by atoms with E-state index < -0.39 is 0 Å². The first-order chi connectivity index (χ1) is 9.63. The molecule has 1 N–H and O–H groups in total. The van der Waals surface area contributed by atoms with Gasteiger partial charge in [-0.2, -0.15) is 0 Å². The number of hydrogen-bond donors (Lipinski definition) is 1. The fourth-order valence-electron chi connectivity index (χ4n) is 1.63. The van der Waals surface area contributed by atoms with E-state index >= 15 is 0 Å². The van der Waals surface area contributed by atoms with Crippen LogP contribution in [-0.2, 0) is 6.54 Å². The van der Waals surface area contributed by atoms with Crippen LogP contribution in [0, 0.1) is 5.92 Å². The standard InChI is InChI=1S/C15H18BrN3S/c1-11(2)7-17-8-12-9-18-15(19-10-12)20-14-5-3-4-13(16)6-14/h3-6,9-11,17H,7-8H2,1-2H3. The molecule has 0 atom stereocenters. The molecule has 0 bridgehead atoms. The Labute approximate surface area is 132 Å². The summed E-state index contributed by atoms with van der Waals surface area (Å²) in [5.74, 6) is 0.655. The Morgan fingerprint density at radius 1 is 1.25 bits per heavy atom. The highest BCUT2D eigenvalue weighted by Gasteiger charge is 2.02. The molecule has 0 aliphatic carbocycles.